The number of pyridine rings is 1. The monoisotopic (exact) mass is 242 g/mol. The van der Waals surface area contributed by atoms with E-state index in [0.29, 0.717) is 0 Å². The van der Waals surface area contributed by atoms with E-state index in [1.165, 1.54) is 6.20 Å². The second kappa shape index (κ2) is 3.82. The van der Waals surface area contributed by atoms with Crippen LogP contribution in [0.25, 0.3) is 20.8 Å². The number of benzene rings is 1. The Morgan fingerprint density at radius 2 is 2.12 bits per heavy atom. The van der Waals surface area contributed by atoms with E-state index in [9.17, 15) is 5.11 Å². The number of hydrogen-bond acceptors (Lipinski definition) is 4. The minimum atomic E-state index is 0.171. The quantitative estimate of drug-likeness (QED) is 0.711. The van der Waals surface area contributed by atoms with Crippen molar-refractivity contribution in [1.82, 2.24) is 9.97 Å². The maximum absolute atomic E-state index is 9.76. The fourth-order valence-electron chi connectivity index (χ4n) is 1.77. The molecule has 0 unspecified atom stereocenters. The summed E-state index contributed by atoms with van der Waals surface area (Å²) in [6, 6.07) is 7.88. The summed E-state index contributed by atoms with van der Waals surface area (Å²) in [6.45, 7) is 2.04. The van der Waals surface area contributed by atoms with Crippen LogP contribution in [-0.4, -0.2) is 15.1 Å². The van der Waals surface area contributed by atoms with E-state index >= 15 is 0 Å². The third-order valence-corrected chi connectivity index (χ3v) is 3.71. The van der Waals surface area contributed by atoms with Crippen LogP contribution in [0, 0.1) is 6.92 Å². The van der Waals surface area contributed by atoms with E-state index in [4.69, 9.17) is 0 Å². The Hall–Kier alpha value is -1.94. The Bertz CT molecular complexity index is 691. The second-order valence-corrected chi connectivity index (χ2v) is 4.86. The molecule has 2 heterocycles. The van der Waals surface area contributed by atoms with Gasteiger partial charge >= 0.3 is 0 Å². The van der Waals surface area contributed by atoms with Crippen molar-refractivity contribution in [2.75, 3.05) is 0 Å². The number of aryl methyl sites for hydroxylation is 1. The molecule has 0 radical (unpaired) electrons. The van der Waals surface area contributed by atoms with E-state index < -0.39 is 0 Å². The first kappa shape index (κ1) is 10.2. The van der Waals surface area contributed by atoms with E-state index in [1.807, 2.05) is 25.1 Å². The van der Waals surface area contributed by atoms with Crippen molar-refractivity contribution in [3.8, 4) is 16.3 Å². The second-order valence-electron chi connectivity index (χ2n) is 3.83. The molecule has 0 aliphatic carbocycles. The number of aromatic nitrogens is 2. The zero-order valence-electron chi connectivity index (χ0n) is 9.21. The standard InChI is InChI=1S/C13H10N2OS/c1-8-3-2-4-11-12(8)15-13(17-11)9-5-6-14-7-10(9)16/h2-7,16H,1H3. The van der Waals surface area contributed by atoms with E-state index in [2.05, 4.69) is 9.97 Å². The topological polar surface area (TPSA) is 46.0 Å². The summed E-state index contributed by atoms with van der Waals surface area (Å²) in [7, 11) is 0. The Labute approximate surface area is 102 Å². The van der Waals surface area contributed by atoms with Crippen molar-refractivity contribution in [1.29, 1.82) is 0 Å². The Kier molecular flexibility index (Phi) is 2.30. The lowest BCUT2D eigenvalue weighted by Gasteiger charge is -1.97. The SMILES string of the molecule is Cc1cccc2sc(-c3ccncc3O)nc12. The molecule has 0 amide bonds. The number of fused-ring (bicyclic) bond motifs is 1. The van der Waals surface area contributed by atoms with Gasteiger partial charge in [0.2, 0.25) is 0 Å². The first-order chi connectivity index (χ1) is 8.25. The molecule has 3 rings (SSSR count). The number of para-hydroxylation sites is 1. The highest BCUT2D eigenvalue weighted by molar-refractivity contribution is 7.21. The number of thiazole rings is 1. The van der Waals surface area contributed by atoms with Gasteiger partial charge in [-0.15, -0.1) is 11.3 Å². The summed E-state index contributed by atoms with van der Waals surface area (Å²) in [5.74, 6) is 0.171. The van der Waals surface area contributed by atoms with Crippen LogP contribution in [0.2, 0.25) is 0 Å². The van der Waals surface area contributed by atoms with Crippen LogP contribution < -0.4 is 0 Å². The lowest BCUT2D eigenvalue weighted by atomic mass is 10.2. The van der Waals surface area contributed by atoms with Crippen molar-refractivity contribution in [3.05, 3.63) is 42.2 Å². The summed E-state index contributed by atoms with van der Waals surface area (Å²) < 4.78 is 1.14. The van der Waals surface area contributed by atoms with Gasteiger partial charge in [0, 0.05) is 6.20 Å². The fourth-order valence-corrected chi connectivity index (χ4v) is 2.85. The molecule has 0 saturated heterocycles. The highest BCUT2D eigenvalue weighted by Crippen LogP contribution is 2.35. The fraction of sp³-hybridized carbons (Fsp3) is 0.0769. The van der Waals surface area contributed by atoms with Crippen molar-refractivity contribution in [2.45, 2.75) is 6.92 Å². The van der Waals surface area contributed by atoms with Crippen LogP contribution in [0.15, 0.2) is 36.7 Å². The molecule has 0 atom stereocenters. The molecular weight excluding hydrogens is 232 g/mol. The summed E-state index contributed by atoms with van der Waals surface area (Å²) in [4.78, 5) is 8.44. The Balaban J connectivity index is 2.26. The van der Waals surface area contributed by atoms with Crippen molar-refractivity contribution in [2.24, 2.45) is 0 Å². The summed E-state index contributed by atoms with van der Waals surface area (Å²) in [6.07, 6.45) is 3.10. The van der Waals surface area contributed by atoms with Crippen molar-refractivity contribution in [3.63, 3.8) is 0 Å². The van der Waals surface area contributed by atoms with E-state index in [1.54, 1.807) is 23.6 Å². The van der Waals surface area contributed by atoms with Crippen LogP contribution in [-0.2, 0) is 0 Å². The molecule has 3 aromatic rings. The third-order valence-electron chi connectivity index (χ3n) is 2.65. The van der Waals surface area contributed by atoms with Gasteiger partial charge < -0.3 is 5.11 Å². The third kappa shape index (κ3) is 1.66. The van der Waals surface area contributed by atoms with Crippen LogP contribution >= 0.6 is 11.3 Å². The van der Waals surface area contributed by atoms with Gasteiger partial charge in [-0.2, -0.15) is 0 Å². The number of aromatic hydroxyl groups is 1. The van der Waals surface area contributed by atoms with E-state index in [-0.39, 0.29) is 5.75 Å². The lowest BCUT2D eigenvalue weighted by molar-refractivity contribution is 0.474. The summed E-state index contributed by atoms with van der Waals surface area (Å²) in [5, 5.41) is 10.6. The van der Waals surface area contributed by atoms with Crippen LogP contribution in [0.5, 0.6) is 5.75 Å². The smallest absolute Gasteiger partial charge is 0.144 e. The predicted octanol–water partition coefficient (Wildman–Crippen LogP) is 3.37. The van der Waals surface area contributed by atoms with Crippen molar-refractivity contribution >= 4 is 21.6 Å². The van der Waals surface area contributed by atoms with Crippen molar-refractivity contribution < 1.29 is 5.11 Å². The number of rotatable bonds is 1. The molecule has 0 spiro atoms. The van der Waals surface area contributed by atoms with Gasteiger partial charge in [0.15, 0.2) is 0 Å². The van der Waals surface area contributed by atoms with Gasteiger partial charge in [0.05, 0.1) is 22.0 Å². The number of hydrogen-bond donors (Lipinski definition) is 1. The zero-order chi connectivity index (χ0) is 11.8. The predicted molar refractivity (Wildman–Crippen MR) is 69.3 cm³/mol. The summed E-state index contributed by atoms with van der Waals surface area (Å²) >= 11 is 1.58. The summed E-state index contributed by atoms with van der Waals surface area (Å²) in [5.41, 5.74) is 2.89. The molecule has 0 fully saturated rings. The zero-order valence-corrected chi connectivity index (χ0v) is 10.0. The van der Waals surface area contributed by atoms with Gasteiger partial charge in [-0.1, -0.05) is 12.1 Å². The largest absolute Gasteiger partial charge is 0.506 e. The molecule has 0 aliphatic rings. The minimum absolute atomic E-state index is 0.171. The van der Waals surface area contributed by atoms with E-state index in [0.717, 1.165) is 26.4 Å². The molecule has 0 saturated carbocycles. The molecule has 84 valence electrons. The molecule has 3 nitrogen and oxygen atoms in total. The maximum atomic E-state index is 9.76. The van der Waals surface area contributed by atoms with Gasteiger partial charge in [0.1, 0.15) is 10.8 Å². The van der Waals surface area contributed by atoms with Crippen LogP contribution in [0.3, 0.4) is 0 Å². The molecule has 1 aromatic carbocycles. The lowest BCUT2D eigenvalue weighted by Crippen LogP contribution is -1.80. The molecular formula is C13H10N2OS. The maximum Gasteiger partial charge on any atom is 0.144 e. The molecule has 2 aromatic heterocycles. The van der Waals surface area contributed by atoms with Crippen LogP contribution in [0.1, 0.15) is 5.56 Å². The average Bonchev–Trinajstić information content (AvgIpc) is 2.75. The average molecular weight is 242 g/mol. The minimum Gasteiger partial charge on any atom is -0.506 e. The molecule has 17 heavy (non-hydrogen) atoms. The van der Waals surface area contributed by atoms with Gasteiger partial charge in [0.25, 0.3) is 0 Å². The molecule has 0 aliphatic heterocycles. The van der Waals surface area contributed by atoms with Gasteiger partial charge in [-0.25, -0.2) is 4.98 Å². The normalized spacial score (nSPS) is 10.9. The Morgan fingerprint density at radius 3 is 2.88 bits per heavy atom. The first-order valence-corrected chi connectivity index (χ1v) is 6.07. The highest BCUT2D eigenvalue weighted by atomic mass is 32.1. The Morgan fingerprint density at radius 1 is 1.24 bits per heavy atom. The van der Waals surface area contributed by atoms with Crippen LogP contribution in [0.4, 0.5) is 0 Å². The van der Waals surface area contributed by atoms with Gasteiger partial charge in [-0.05, 0) is 24.6 Å². The number of nitrogens with zero attached hydrogens (tertiary/aromatic N) is 2. The molecule has 4 heteroatoms. The molecule has 0 bridgehead atoms. The highest BCUT2D eigenvalue weighted by Gasteiger charge is 2.10. The van der Waals surface area contributed by atoms with Gasteiger partial charge in [-0.3, -0.25) is 4.98 Å². The molecule has 1 N–H and O–H groups in total. The first-order valence-electron chi connectivity index (χ1n) is 5.25.